The lowest BCUT2D eigenvalue weighted by Gasteiger charge is -2.56. The van der Waals surface area contributed by atoms with E-state index in [1.165, 1.54) is 38.5 Å². The first-order chi connectivity index (χ1) is 7.69. The molecule has 0 spiro atoms. The average Bonchev–Trinajstić information content (AvgIpc) is 2.24. The molecular formula is C13H23NO2. The quantitative estimate of drug-likeness (QED) is 0.758. The van der Waals surface area contributed by atoms with Gasteiger partial charge in [0.2, 0.25) is 0 Å². The van der Waals surface area contributed by atoms with Gasteiger partial charge in [-0.2, -0.15) is 0 Å². The third-order valence-corrected chi connectivity index (χ3v) is 4.82. The Kier molecular flexibility index (Phi) is 2.73. The standard InChI is InChI=1S/C13H23NO2/c14-12(7-15)8-16-13-4-9-1-10(5-13)3-11(2-9)6-13/h9-12,15H,1-8,14H2. The molecule has 92 valence electrons. The van der Waals surface area contributed by atoms with Crippen LogP contribution >= 0.6 is 0 Å². The van der Waals surface area contributed by atoms with Crippen molar-refractivity contribution in [3.05, 3.63) is 0 Å². The van der Waals surface area contributed by atoms with Gasteiger partial charge in [0.05, 0.1) is 24.9 Å². The number of rotatable bonds is 4. The summed E-state index contributed by atoms with van der Waals surface area (Å²) in [4.78, 5) is 0. The minimum absolute atomic E-state index is 0.0341. The fourth-order valence-corrected chi connectivity index (χ4v) is 4.54. The van der Waals surface area contributed by atoms with Crippen molar-refractivity contribution in [1.82, 2.24) is 0 Å². The number of ether oxygens (including phenoxy) is 1. The summed E-state index contributed by atoms with van der Waals surface area (Å²) in [6.07, 6.45) is 8.06. The molecule has 3 N–H and O–H groups in total. The van der Waals surface area contributed by atoms with Crippen LogP contribution in [0.15, 0.2) is 0 Å². The van der Waals surface area contributed by atoms with E-state index in [1.807, 2.05) is 0 Å². The number of nitrogens with two attached hydrogens (primary N) is 1. The summed E-state index contributed by atoms with van der Waals surface area (Å²) >= 11 is 0. The lowest BCUT2D eigenvalue weighted by Crippen LogP contribution is -2.53. The second-order valence-electron chi connectivity index (χ2n) is 6.35. The molecule has 0 aromatic heterocycles. The molecule has 0 aromatic rings. The van der Waals surface area contributed by atoms with E-state index in [2.05, 4.69) is 0 Å². The molecule has 0 saturated heterocycles. The van der Waals surface area contributed by atoms with Gasteiger partial charge in [-0.15, -0.1) is 0 Å². The van der Waals surface area contributed by atoms with Gasteiger partial charge >= 0.3 is 0 Å². The SMILES string of the molecule is NC(CO)COC12CC3CC(CC(C3)C1)C2. The van der Waals surface area contributed by atoms with E-state index >= 15 is 0 Å². The number of aliphatic hydroxyl groups is 1. The van der Waals surface area contributed by atoms with Crippen LogP contribution in [0.1, 0.15) is 38.5 Å². The van der Waals surface area contributed by atoms with E-state index in [-0.39, 0.29) is 18.2 Å². The fraction of sp³-hybridized carbons (Fsp3) is 1.00. The summed E-state index contributed by atoms with van der Waals surface area (Å²) < 4.78 is 6.11. The van der Waals surface area contributed by atoms with Gasteiger partial charge in [-0.05, 0) is 56.3 Å². The molecule has 4 fully saturated rings. The van der Waals surface area contributed by atoms with Crippen molar-refractivity contribution < 1.29 is 9.84 Å². The molecule has 0 aliphatic heterocycles. The number of hydrogen-bond donors (Lipinski definition) is 2. The maximum absolute atomic E-state index is 8.94. The van der Waals surface area contributed by atoms with Crippen LogP contribution in [0.25, 0.3) is 0 Å². The Morgan fingerprint density at radius 3 is 2.06 bits per heavy atom. The molecule has 4 saturated carbocycles. The predicted molar refractivity (Wildman–Crippen MR) is 61.9 cm³/mol. The van der Waals surface area contributed by atoms with Crippen molar-refractivity contribution in [3.8, 4) is 0 Å². The van der Waals surface area contributed by atoms with E-state index in [4.69, 9.17) is 15.6 Å². The highest BCUT2D eigenvalue weighted by Gasteiger charge is 2.51. The van der Waals surface area contributed by atoms with E-state index in [1.54, 1.807) is 0 Å². The van der Waals surface area contributed by atoms with Crippen molar-refractivity contribution in [2.45, 2.75) is 50.2 Å². The first-order valence-electron chi connectivity index (χ1n) is 6.69. The lowest BCUT2D eigenvalue weighted by atomic mass is 9.54. The van der Waals surface area contributed by atoms with Crippen LogP contribution in [0.4, 0.5) is 0 Å². The van der Waals surface area contributed by atoms with Gasteiger partial charge in [-0.25, -0.2) is 0 Å². The maximum atomic E-state index is 8.94. The Labute approximate surface area is 97.3 Å². The first kappa shape index (κ1) is 11.0. The van der Waals surface area contributed by atoms with Gasteiger partial charge in [0.25, 0.3) is 0 Å². The van der Waals surface area contributed by atoms with Gasteiger partial charge in [0.1, 0.15) is 0 Å². The summed E-state index contributed by atoms with van der Waals surface area (Å²) in [6, 6.07) is -0.201. The van der Waals surface area contributed by atoms with Crippen molar-refractivity contribution in [3.63, 3.8) is 0 Å². The van der Waals surface area contributed by atoms with Crippen molar-refractivity contribution >= 4 is 0 Å². The fourth-order valence-electron chi connectivity index (χ4n) is 4.54. The molecule has 1 atom stereocenters. The second-order valence-corrected chi connectivity index (χ2v) is 6.35. The van der Waals surface area contributed by atoms with Crippen LogP contribution in [0, 0.1) is 17.8 Å². The summed E-state index contributed by atoms with van der Waals surface area (Å²) in [7, 11) is 0. The summed E-state index contributed by atoms with van der Waals surface area (Å²) in [5.74, 6) is 2.74. The van der Waals surface area contributed by atoms with Crippen LogP contribution in [-0.4, -0.2) is 30.0 Å². The molecule has 4 bridgehead atoms. The highest BCUT2D eigenvalue weighted by atomic mass is 16.5. The lowest BCUT2D eigenvalue weighted by molar-refractivity contribution is -0.165. The number of aliphatic hydroxyl groups excluding tert-OH is 1. The van der Waals surface area contributed by atoms with Crippen molar-refractivity contribution in [1.29, 1.82) is 0 Å². The van der Waals surface area contributed by atoms with Gasteiger partial charge in [0, 0.05) is 0 Å². The topological polar surface area (TPSA) is 55.5 Å². The number of hydrogen-bond acceptors (Lipinski definition) is 3. The Morgan fingerprint density at radius 1 is 1.12 bits per heavy atom. The molecule has 16 heavy (non-hydrogen) atoms. The largest absolute Gasteiger partial charge is 0.395 e. The smallest absolute Gasteiger partial charge is 0.0691 e. The van der Waals surface area contributed by atoms with Crippen LogP contribution < -0.4 is 5.73 Å². The molecular weight excluding hydrogens is 202 g/mol. The van der Waals surface area contributed by atoms with E-state index in [9.17, 15) is 0 Å². The molecule has 3 heteroatoms. The zero-order chi connectivity index (χ0) is 11.2. The van der Waals surface area contributed by atoms with Crippen LogP contribution in [0.3, 0.4) is 0 Å². The maximum Gasteiger partial charge on any atom is 0.0691 e. The van der Waals surface area contributed by atoms with Crippen molar-refractivity contribution in [2.24, 2.45) is 23.5 Å². The van der Waals surface area contributed by atoms with Gasteiger partial charge < -0.3 is 15.6 Å². The van der Waals surface area contributed by atoms with Gasteiger partial charge in [-0.3, -0.25) is 0 Å². The molecule has 0 amide bonds. The Hall–Kier alpha value is -0.120. The highest BCUT2D eigenvalue weighted by Crippen LogP contribution is 2.57. The van der Waals surface area contributed by atoms with Crippen LogP contribution in [-0.2, 0) is 4.74 Å². The third-order valence-electron chi connectivity index (χ3n) is 4.82. The second kappa shape index (κ2) is 3.97. The molecule has 4 rings (SSSR count). The zero-order valence-corrected chi connectivity index (χ0v) is 9.90. The molecule has 0 aromatic carbocycles. The third kappa shape index (κ3) is 1.89. The summed E-state index contributed by atoms with van der Waals surface area (Å²) in [5, 5.41) is 8.94. The minimum atomic E-state index is -0.201. The van der Waals surface area contributed by atoms with Gasteiger partial charge in [-0.1, -0.05) is 0 Å². The van der Waals surface area contributed by atoms with Crippen LogP contribution in [0.5, 0.6) is 0 Å². The summed E-state index contributed by atoms with van der Waals surface area (Å²) in [5.41, 5.74) is 5.87. The normalized spacial score (nSPS) is 47.2. The molecule has 1 unspecified atom stereocenters. The van der Waals surface area contributed by atoms with E-state index < -0.39 is 0 Å². The van der Waals surface area contributed by atoms with Crippen LogP contribution in [0.2, 0.25) is 0 Å². The molecule has 3 nitrogen and oxygen atoms in total. The first-order valence-corrected chi connectivity index (χ1v) is 6.69. The molecule has 4 aliphatic carbocycles. The van der Waals surface area contributed by atoms with Crippen molar-refractivity contribution in [2.75, 3.05) is 13.2 Å². The average molecular weight is 225 g/mol. The minimum Gasteiger partial charge on any atom is -0.395 e. The Morgan fingerprint density at radius 2 is 1.62 bits per heavy atom. The zero-order valence-electron chi connectivity index (χ0n) is 9.90. The Bertz CT molecular complexity index is 231. The monoisotopic (exact) mass is 225 g/mol. The molecule has 0 heterocycles. The predicted octanol–water partition coefficient (Wildman–Crippen LogP) is 1.29. The highest BCUT2D eigenvalue weighted by molar-refractivity contribution is 5.03. The molecule has 4 aliphatic rings. The Balaban J connectivity index is 1.64. The summed E-state index contributed by atoms with van der Waals surface area (Å²) in [6.45, 7) is 0.565. The van der Waals surface area contributed by atoms with E-state index in [0.717, 1.165) is 17.8 Å². The van der Waals surface area contributed by atoms with E-state index in [0.29, 0.717) is 6.61 Å². The van der Waals surface area contributed by atoms with Gasteiger partial charge in [0.15, 0.2) is 0 Å². The molecule has 0 radical (unpaired) electrons.